The smallest absolute Gasteiger partial charge is 0.340 e. The Labute approximate surface area is 165 Å². The van der Waals surface area contributed by atoms with E-state index in [4.69, 9.17) is 15.2 Å². The minimum atomic E-state index is -3.48. The molecule has 1 aromatic carbocycles. The number of nitrogens with zero attached hydrogens (tertiary/aromatic N) is 1. The van der Waals surface area contributed by atoms with Crippen LogP contribution in [0, 0.1) is 5.92 Å². The zero-order chi connectivity index (χ0) is 21.3. The standard InChI is InChI=1S/C19H28N2O6S/c1-19(2,3)27-17(22)12-8-9-21(16(20)10-12)15-7-6-13(28(5,24)25)11-14(15)18(23)26-4/h6-7,11-12,16H,8-10,20H2,1-5H3. The molecule has 0 aromatic heterocycles. The topological polar surface area (TPSA) is 116 Å². The molecule has 2 unspecified atom stereocenters. The molecule has 9 heteroatoms. The maximum absolute atomic E-state index is 12.3. The molecule has 0 spiro atoms. The van der Waals surface area contributed by atoms with E-state index in [1.54, 1.807) is 11.0 Å². The molecule has 1 aromatic rings. The van der Waals surface area contributed by atoms with Gasteiger partial charge >= 0.3 is 11.9 Å². The van der Waals surface area contributed by atoms with Crippen molar-refractivity contribution >= 4 is 27.5 Å². The van der Waals surface area contributed by atoms with E-state index in [0.717, 1.165) is 6.26 Å². The summed E-state index contributed by atoms with van der Waals surface area (Å²) in [7, 11) is -2.25. The fourth-order valence-electron chi connectivity index (χ4n) is 3.17. The number of sulfone groups is 1. The summed E-state index contributed by atoms with van der Waals surface area (Å²) >= 11 is 0. The summed E-state index contributed by atoms with van der Waals surface area (Å²) in [6, 6.07) is 4.28. The average Bonchev–Trinajstić information content (AvgIpc) is 2.58. The molecule has 28 heavy (non-hydrogen) atoms. The molecule has 2 N–H and O–H groups in total. The molecule has 0 amide bonds. The summed E-state index contributed by atoms with van der Waals surface area (Å²) in [5, 5.41) is 0. The van der Waals surface area contributed by atoms with Crippen LogP contribution < -0.4 is 10.6 Å². The molecular weight excluding hydrogens is 384 g/mol. The van der Waals surface area contributed by atoms with Gasteiger partial charge in [0.25, 0.3) is 0 Å². The third-order valence-corrected chi connectivity index (χ3v) is 5.61. The Bertz CT molecular complexity index is 860. The van der Waals surface area contributed by atoms with Crippen LogP contribution in [0.1, 0.15) is 44.0 Å². The molecule has 0 aliphatic carbocycles. The lowest BCUT2D eigenvalue weighted by molar-refractivity contribution is -0.161. The first-order valence-electron chi connectivity index (χ1n) is 9.01. The van der Waals surface area contributed by atoms with Gasteiger partial charge in [-0.2, -0.15) is 0 Å². The van der Waals surface area contributed by atoms with Crippen molar-refractivity contribution in [2.45, 2.75) is 50.3 Å². The minimum Gasteiger partial charge on any atom is -0.465 e. The van der Waals surface area contributed by atoms with Gasteiger partial charge in [-0.3, -0.25) is 4.79 Å². The summed E-state index contributed by atoms with van der Waals surface area (Å²) < 4.78 is 33.9. The van der Waals surface area contributed by atoms with Crippen molar-refractivity contribution in [1.82, 2.24) is 0 Å². The molecule has 1 fully saturated rings. The number of benzene rings is 1. The molecule has 0 radical (unpaired) electrons. The predicted octanol–water partition coefficient (Wildman–Crippen LogP) is 1.72. The molecule has 156 valence electrons. The molecule has 2 atom stereocenters. The van der Waals surface area contributed by atoms with Crippen LogP contribution >= 0.6 is 0 Å². The van der Waals surface area contributed by atoms with Crippen LogP contribution in [0.5, 0.6) is 0 Å². The summed E-state index contributed by atoms with van der Waals surface area (Å²) in [6.45, 7) is 5.86. The van der Waals surface area contributed by atoms with Gasteiger partial charge in [0.05, 0.1) is 35.3 Å². The minimum absolute atomic E-state index is 0.0221. The number of hydrogen-bond donors (Lipinski definition) is 1. The molecule has 8 nitrogen and oxygen atoms in total. The molecule has 1 aliphatic heterocycles. The van der Waals surface area contributed by atoms with Crippen LogP contribution in [0.15, 0.2) is 23.1 Å². The average molecular weight is 413 g/mol. The van der Waals surface area contributed by atoms with Crippen molar-refractivity contribution in [3.8, 4) is 0 Å². The van der Waals surface area contributed by atoms with Crippen molar-refractivity contribution in [3.05, 3.63) is 23.8 Å². The lowest BCUT2D eigenvalue weighted by Gasteiger charge is -2.39. The first-order chi connectivity index (χ1) is 12.8. The number of ether oxygens (including phenoxy) is 2. The first kappa shape index (κ1) is 22.2. The van der Waals surface area contributed by atoms with Crippen LogP contribution in [0.2, 0.25) is 0 Å². The third kappa shape index (κ3) is 5.23. The van der Waals surface area contributed by atoms with E-state index >= 15 is 0 Å². The van der Waals surface area contributed by atoms with Gasteiger partial charge < -0.3 is 20.1 Å². The van der Waals surface area contributed by atoms with E-state index in [1.807, 2.05) is 20.8 Å². The van der Waals surface area contributed by atoms with Gasteiger partial charge in [0, 0.05) is 12.8 Å². The molecule has 0 saturated carbocycles. The molecule has 0 bridgehead atoms. The maximum atomic E-state index is 12.3. The van der Waals surface area contributed by atoms with Crippen molar-refractivity contribution in [3.63, 3.8) is 0 Å². The van der Waals surface area contributed by atoms with Crippen molar-refractivity contribution in [1.29, 1.82) is 0 Å². The second kappa shape index (κ2) is 8.08. The first-order valence-corrected chi connectivity index (χ1v) is 10.9. The van der Waals surface area contributed by atoms with Crippen molar-refractivity contribution in [2.75, 3.05) is 24.8 Å². The van der Waals surface area contributed by atoms with E-state index in [0.29, 0.717) is 25.1 Å². The Morgan fingerprint density at radius 2 is 1.89 bits per heavy atom. The van der Waals surface area contributed by atoms with Gasteiger partial charge in [-0.15, -0.1) is 0 Å². The second-order valence-corrected chi connectivity index (χ2v) is 9.97. The summed E-state index contributed by atoms with van der Waals surface area (Å²) in [5.74, 6) is -1.27. The number of piperidine rings is 1. The lowest BCUT2D eigenvalue weighted by Crippen LogP contribution is -2.50. The highest BCUT2D eigenvalue weighted by Gasteiger charge is 2.34. The van der Waals surface area contributed by atoms with Gasteiger partial charge in [0.15, 0.2) is 9.84 Å². The maximum Gasteiger partial charge on any atom is 0.340 e. The van der Waals surface area contributed by atoms with Crippen LogP contribution in [0.4, 0.5) is 5.69 Å². The van der Waals surface area contributed by atoms with Crippen molar-refractivity contribution in [2.24, 2.45) is 11.7 Å². The molecule has 2 rings (SSSR count). The zero-order valence-corrected chi connectivity index (χ0v) is 17.7. The normalized spacial score (nSPS) is 20.6. The number of hydrogen-bond acceptors (Lipinski definition) is 8. The van der Waals surface area contributed by atoms with E-state index in [-0.39, 0.29) is 22.3 Å². The van der Waals surface area contributed by atoms with Gasteiger partial charge in [0.1, 0.15) is 5.60 Å². The Balaban J connectivity index is 2.29. The van der Waals surface area contributed by atoms with Crippen LogP contribution in [-0.2, 0) is 24.1 Å². The largest absolute Gasteiger partial charge is 0.465 e. The number of rotatable bonds is 4. The highest BCUT2D eigenvalue weighted by Crippen LogP contribution is 2.32. The summed E-state index contributed by atoms with van der Waals surface area (Å²) in [5.41, 5.74) is 6.32. The second-order valence-electron chi connectivity index (χ2n) is 7.96. The fraction of sp³-hybridized carbons (Fsp3) is 0.579. The Kier molecular flexibility index (Phi) is 6.40. The fourth-order valence-corrected chi connectivity index (χ4v) is 3.81. The van der Waals surface area contributed by atoms with Gasteiger partial charge in [-0.1, -0.05) is 0 Å². The number of carbonyl (C=O) groups is 2. The third-order valence-electron chi connectivity index (χ3n) is 4.50. The monoisotopic (exact) mass is 412 g/mol. The summed E-state index contributed by atoms with van der Waals surface area (Å²) in [4.78, 5) is 26.4. The van der Waals surface area contributed by atoms with E-state index in [9.17, 15) is 18.0 Å². The Morgan fingerprint density at radius 1 is 1.25 bits per heavy atom. The highest BCUT2D eigenvalue weighted by atomic mass is 32.2. The SMILES string of the molecule is COC(=O)c1cc(S(C)(=O)=O)ccc1N1CCC(C(=O)OC(C)(C)C)CC1N. The zero-order valence-electron chi connectivity index (χ0n) is 16.9. The Morgan fingerprint density at radius 3 is 2.39 bits per heavy atom. The quantitative estimate of drug-likeness (QED) is 0.743. The predicted molar refractivity (Wildman–Crippen MR) is 105 cm³/mol. The van der Waals surface area contributed by atoms with Gasteiger partial charge in [-0.05, 0) is 51.8 Å². The Hall–Kier alpha value is -2.13. The molecule has 1 saturated heterocycles. The molecule has 1 aliphatic rings. The lowest BCUT2D eigenvalue weighted by atomic mass is 9.93. The summed E-state index contributed by atoms with van der Waals surface area (Å²) in [6.07, 6.45) is 1.42. The van der Waals surface area contributed by atoms with Crippen LogP contribution in [0.25, 0.3) is 0 Å². The molecule has 1 heterocycles. The van der Waals surface area contributed by atoms with Gasteiger partial charge in [-0.25, -0.2) is 13.2 Å². The van der Waals surface area contributed by atoms with Crippen molar-refractivity contribution < 1.29 is 27.5 Å². The number of esters is 2. The van der Waals surface area contributed by atoms with Crippen LogP contribution in [0.3, 0.4) is 0 Å². The van der Waals surface area contributed by atoms with Gasteiger partial charge in [0.2, 0.25) is 0 Å². The van der Waals surface area contributed by atoms with Crippen LogP contribution in [-0.4, -0.2) is 52.0 Å². The molecular formula is C19H28N2O6S. The highest BCUT2D eigenvalue weighted by molar-refractivity contribution is 7.90. The van der Waals surface area contributed by atoms with E-state index < -0.39 is 27.6 Å². The number of carbonyl (C=O) groups excluding carboxylic acids is 2. The number of nitrogens with two attached hydrogens (primary N) is 1. The number of methoxy groups -OCH3 is 1. The van der Waals surface area contributed by atoms with E-state index in [1.165, 1.54) is 19.2 Å². The number of anilines is 1. The van der Waals surface area contributed by atoms with E-state index in [2.05, 4.69) is 0 Å².